The average molecular weight is 431 g/mol. The number of nitrogens with one attached hydrogen (secondary N) is 1. The normalized spacial score (nSPS) is 12.0. The Kier molecular flexibility index (Phi) is 6.52. The van der Waals surface area contributed by atoms with Crippen LogP contribution in [0.3, 0.4) is 0 Å². The molecule has 0 fully saturated rings. The molecule has 4 nitrogen and oxygen atoms in total. The molecule has 0 spiro atoms. The Morgan fingerprint density at radius 3 is 2.34 bits per heavy atom. The quantitative estimate of drug-likeness (QED) is 0.366. The van der Waals surface area contributed by atoms with Crippen molar-refractivity contribution < 1.29 is 8.78 Å². The summed E-state index contributed by atoms with van der Waals surface area (Å²) < 4.78 is 27.7. The zero-order valence-electron chi connectivity index (χ0n) is 17.7. The topological polar surface area (TPSA) is 63.8 Å². The number of nitrogens with two attached hydrogens (primary N) is 1. The maximum absolute atomic E-state index is 14.1. The maximum atomic E-state index is 14.1. The first-order chi connectivity index (χ1) is 15.6. The Balaban J connectivity index is 1.93. The highest BCUT2D eigenvalue weighted by Crippen LogP contribution is 2.40. The number of nitrogens with zero attached hydrogens (tertiary/aromatic N) is 2. The highest BCUT2D eigenvalue weighted by atomic mass is 19.1. The fourth-order valence-electron chi connectivity index (χ4n) is 3.82. The van der Waals surface area contributed by atoms with Crippen LogP contribution >= 0.6 is 0 Å². The number of benzene rings is 3. The Hall–Kier alpha value is -3.64. The van der Waals surface area contributed by atoms with Crippen LogP contribution in [0.4, 0.5) is 14.5 Å². The second kappa shape index (κ2) is 9.66. The van der Waals surface area contributed by atoms with Gasteiger partial charge in [0, 0.05) is 29.2 Å². The smallest absolute Gasteiger partial charge is 0.159 e. The number of hydrogen-bond donors (Lipinski definition) is 2. The molecule has 0 radical (unpaired) electrons. The van der Waals surface area contributed by atoms with Crippen LogP contribution in [0.1, 0.15) is 30.5 Å². The van der Waals surface area contributed by atoms with Crippen molar-refractivity contribution in [2.75, 3.05) is 12.3 Å². The van der Waals surface area contributed by atoms with Gasteiger partial charge < -0.3 is 11.1 Å². The number of nitrogen functional groups attached to an aromatic ring is 1. The SMILES string of the molecule is CCCNC(c1ccc(F)cc1)c1ccc(-c2ncccn2)c(-c2cccc(F)c2)c1N. The third kappa shape index (κ3) is 4.50. The van der Waals surface area contributed by atoms with E-state index in [0.717, 1.165) is 24.1 Å². The molecule has 0 amide bonds. The molecule has 1 atom stereocenters. The molecule has 3 aromatic carbocycles. The van der Waals surface area contributed by atoms with Crippen molar-refractivity contribution >= 4 is 5.69 Å². The summed E-state index contributed by atoms with van der Waals surface area (Å²) in [5.41, 5.74) is 11.0. The van der Waals surface area contributed by atoms with E-state index in [1.807, 2.05) is 18.2 Å². The third-order valence-corrected chi connectivity index (χ3v) is 5.31. The Labute approximate surface area is 186 Å². The van der Waals surface area contributed by atoms with Gasteiger partial charge in [0.25, 0.3) is 0 Å². The number of aromatic nitrogens is 2. The van der Waals surface area contributed by atoms with Crippen molar-refractivity contribution in [1.29, 1.82) is 0 Å². The van der Waals surface area contributed by atoms with E-state index in [9.17, 15) is 8.78 Å². The molecular weight excluding hydrogens is 406 g/mol. The molecule has 0 aliphatic carbocycles. The van der Waals surface area contributed by atoms with Gasteiger partial charge in [0.05, 0.1) is 6.04 Å². The van der Waals surface area contributed by atoms with Gasteiger partial charge in [-0.15, -0.1) is 0 Å². The minimum Gasteiger partial charge on any atom is -0.398 e. The zero-order valence-corrected chi connectivity index (χ0v) is 17.7. The van der Waals surface area contributed by atoms with Crippen LogP contribution in [-0.2, 0) is 0 Å². The van der Waals surface area contributed by atoms with Crippen LogP contribution in [0.25, 0.3) is 22.5 Å². The molecule has 0 saturated heterocycles. The first-order valence-corrected chi connectivity index (χ1v) is 10.5. The summed E-state index contributed by atoms with van der Waals surface area (Å²) in [5, 5.41) is 3.50. The monoisotopic (exact) mass is 430 g/mol. The van der Waals surface area contributed by atoms with Crippen LogP contribution in [0, 0.1) is 11.6 Å². The second-order valence-electron chi connectivity index (χ2n) is 7.51. The van der Waals surface area contributed by atoms with Crippen molar-refractivity contribution in [3.8, 4) is 22.5 Å². The lowest BCUT2D eigenvalue weighted by atomic mass is 9.89. The standard InChI is InChI=1S/C26H24F2N4/c1-2-13-30-25(17-7-9-19(27)10-8-17)22-12-11-21(26-31-14-4-15-32-26)23(24(22)29)18-5-3-6-20(28)16-18/h3-12,14-16,25,30H,2,13,29H2,1H3. The molecule has 32 heavy (non-hydrogen) atoms. The molecule has 0 aliphatic heterocycles. The van der Waals surface area contributed by atoms with Crippen molar-refractivity contribution in [2.45, 2.75) is 19.4 Å². The third-order valence-electron chi connectivity index (χ3n) is 5.31. The molecule has 162 valence electrons. The largest absolute Gasteiger partial charge is 0.398 e. The van der Waals surface area contributed by atoms with Crippen LogP contribution in [0.15, 0.2) is 79.1 Å². The summed E-state index contributed by atoms with van der Waals surface area (Å²) in [6.07, 6.45) is 4.24. The van der Waals surface area contributed by atoms with Gasteiger partial charge in [-0.25, -0.2) is 18.7 Å². The summed E-state index contributed by atoms with van der Waals surface area (Å²) in [5.74, 6) is -0.149. The van der Waals surface area contributed by atoms with Gasteiger partial charge in [0.2, 0.25) is 0 Å². The molecule has 1 aromatic heterocycles. The summed E-state index contributed by atoms with van der Waals surface area (Å²) in [7, 11) is 0. The number of rotatable bonds is 7. The highest BCUT2D eigenvalue weighted by molar-refractivity contribution is 5.91. The molecule has 4 aromatic rings. The Bertz CT molecular complexity index is 1190. The van der Waals surface area contributed by atoms with E-state index in [1.54, 1.807) is 36.7 Å². The van der Waals surface area contributed by atoms with Crippen LogP contribution in [0.5, 0.6) is 0 Å². The maximum Gasteiger partial charge on any atom is 0.159 e. The van der Waals surface area contributed by atoms with Crippen molar-refractivity contribution in [2.24, 2.45) is 0 Å². The molecule has 1 unspecified atom stereocenters. The Morgan fingerprint density at radius 1 is 0.906 bits per heavy atom. The van der Waals surface area contributed by atoms with Gasteiger partial charge in [0.15, 0.2) is 5.82 Å². The van der Waals surface area contributed by atoms with Gasteiger partial charge in [0.1, 0.15) is 11.6 Å². The van der Waals surface area contributed by atoms with E-state index in [2.05, 4.69) is 22.2 Å². The fraction of sp³-hybridized carbons (Fsp3) is 0.154. The molecule has 0 bridgehead atoms. The predicted molar refractivity (Wildman–Crippen MR) is 124 cm³/mol. The molecule has 3 N–H and O–H groups in total. The van der Waals surface area contributed by atoms with Crippen molar-refractivity contribution in [3.05, 3.63) is 102 Å². The number of hydrogen-bond acceptors (Lipinski definition) is 4. The van der Waals surface area contributed by atoms with Crippen LogP contribution in [-0.4, -0.2) is 16.5 Å². The predicted octanol–water partition coefficient (Wildman–Crippen LogP) is 5.76. The number of halogens is 2. The van der Waals surface area contributed by atoms with E-state index < -0.39 is 0 Å². The molecule has 4 rings (SSSR count). The molecular formula is C26H24F2N4. The Morgan fingerprint density at radius 2 is 1.66 bits per heavy atom. The van der Waals surface area contributed by atoms with Gasteiger partial charge in [-0.1, -0.05) is 43.3 Å². The molecule has 0 saturated carbocycles. The van der Waals surface area contributed by atoms with Crippen molar-refractivity contribution in [3.63, 3.8) is 0 Å². The zero-order chi connectivity index (χ0) is 22.5. The van der Waals surface area contributed by atoms with E-state index in [4.69, 9.17) is 5.73 Å². The minimum absolute atomic E-state index is 0.256. The lowest BCUT2D eigenvalue weighted by molar-refractivity contribution is 0.594. The highest BCUT2D eigenvalue weighted by Gasteiger charge is 2.22. The van der Waals surface area contributed by atoms with Crippen molar-refractivity contribution in [1.82, 2.24) is 15.3 Å². The molecule has 0 aliphatic rings. The van der Waals surface area contributed by atoms with E-state index in [-0.39, 0.29) is 17.7 Å². The van der Waals surface area contributed by atoms with E-state index >= 15 is 0 Å². The summed E-state index contributed by atoms with van der Waals surface area (Å²) >= 11 is 0. The average Bonchev–Trinajstić information content (AvgIpc) is 2.81. The van der Waals surface area contributed by atoms with E-state index in [1.165, 1.54) is 24.3 Å². The van der Waals surface area contributed by atoms with E-state index in [0.29, 0.717) is 28.2 Å². The molecule has 6 heteroatoms. The number of anilines is 1. The first kappa shape index (κ1) is 21.6. The van der Waals surface area contributed by atoms with Gasteiger partial charge >= 0.3 is 0 Å². The summed E-state index contributed by atoms with van der Waals surface area (Å²) in [6, 6.07) is 18.0. The lowest BCUT2D eigenvalue weighted by Gasteiger charge is -2.24. The van der Waals surface area contributed by atoms with Gasteiger partial charge in [-0.2, -0.15) is 0 Å². The summed E-state index contributed by atoms with van der Waals surface area (Å²) in [4.78, 5) is 8.75. The van der Waals surface area contributed by atoms with Gasteiger partial charge in [-0.05, 0) is 60.0 Å². The van der Waals surface area contributed by atoms with Gasteiger partial charge in [-0.3, -0.25) is 0 Å². The second-order valence-corrected chi connectivity index (χ2v) is 7.51. The molecule has 1 heterocycles. The van der Waals surface area contributed by atoms with Crippen LogP contribution in [0.2, 0.25) is 0 Å². The fourth-order valence-corrected chi connectivity index (χ4v) is 3.82. The first-order valence-electron chi connectivity index (χ1n) is 10.5. The summed E-state index contributed by atoms with van der Waals surface area (Å²) in [6.45, 7) is 2.83. The lowest BCUT2D eigenvalue weighted by Crippen LogP contribution is -2.24. The van der Waals surface area contributed by atoms with Crippen LogP contribution < -0.4 is 11.1 Å². The minimum atomic E-state index is -0.355.